The molecule has 0 saturated carbocycles. The van der Waals surface area contributed by atoms with Gasteiger partial charge >= 0.3 is 0 Å². The average Bonchev–Trinajstić information content (AvgIpc) is 2.56. The molecule has 0 unspecified atom stereocenters. The lowest BCUT2D eigenvalue weighted by Crippen LogP contribution is -2.72. The van der Waals surface area contributed by atoms with Crippen molar-refractivity contribution in [2.24, 2.45) is 5.41 Å². The molecule has 1 aromatic rings. The fourth-order valence-electron chi connectivity index (χ4n) is 4.19. The molecule has 0 aliphatic carbocycles. The Bertz CT molecular complexity index is 610. The molecule has 3 aliphatic rings. The van der Waals surface area contributed by atoms with Crippen molar-refractivity contribution in [3.63, 3.8) is 0 Å². The van der Waals surface area contributed by atoms with Gasteiger partial charge in [-0.1, -0.05) is 6.92 Å². The molecule has 4 nitrogen and oxygen atoms in total. The minimum Gasteiger partial charge on any atom is -0.381 e. The van der Waals surface area contributed by atoms with Gasteiger partial charge in [-0.2, -0.15) is 0 Å². The largest absolute Gasteiger partial charge is 0.381 e. The quantitative estimate of drug-likeness (QED) is 0.742. The SMILES string of the molecule is CCc1nc(C(F)F)ccc1SN1CC2(C1)CN(C1CCOCC1)C2. The van der Waals surface area contributed by atoms with Crippen LogP contribution in [0.1, 0.15) is 37.6 Å². The van der Waals surface area contributed by atoms with Crippen molar-refractivity contribution in [1.29, 1.82) is 0 Å². The van der Waals surface area contributed by atoms with E-state index in [9.17, 15) is 8.78 Å². The highest BCUT2D eigenvalue weighted by molar-refractivity contribution is 7.97. The summed E-state index contributed by atoms with van der Waals surface area (Å²) in [6.07, 6.45) is 0.509. The number of rotatable bonds is 5. The highest BCUT2D eigenvalue weighted by Gasteiger charge is 2.53. The van der Waals surface area contributed by atoms with Crippen molar-refractivity contribution >= 4 is 11.9 Å². The number of hydrogen-bond donors (Lipinski definition) is 0. The molecule has 3 fully saturated rings. The van der Waals surface area contributed by atoms with Crippen LogP contribution in [-0.2, 0) is 11.2 Å². The van der Waals surface area contributed by atoms with Crippen LogP contribution in [0.25, 0.3) is 0 Å². The van der Waals surface area contributed by atoms with Crippen molar-refractivity contribution in [2.75, 3.05) is 39.4 Å². The van der Waals surface area contributed by atoms with E-state index in [2.05, 4.69) is 14.2 Å². The standard InChI is InChI=1S/C18H25F2N3OS/c1-2-14-16(4-3-15(21-14)17(19)20)25-23-11-18(12-23)9-22(10-18)13-5-7-24-8-6-13/h3-4,13,17H,2,5-12H2,1H3. The summed E-state index contributed by atoms with van der Waals surface area (Å²) in [6, 6.07) is 3.97. The summed E-state index contributed by atoms with van der Waals surface area (Å²) in [5, 5.41) is 0. The van der Waals surface area contributed by atoms with Crippen molar-refractivity contribution in [3.8, 4) is 0 Å². The van der Waals surface area contributed by atoms with Gasteiger partial charge in [0, 0.05) is 55.7 Å². The van der Waals surface area contributed by atoms with Gasteiger partial charge in [-0.25, -0.2) is 13.1 Å². The highest BCUT2D eigenvalue weighted by Crippen LogP contribution is 2.46. The molecule has 0 bridgehead atoms. The minimum atomic E-state index is -2.50. The first kappa shape index (κ1) is 17.6. The smallest absolute Gasteiger partial charge is 0.280 e. The zero-order valence-corrected chi connectivity index (χ0v) is 15.4. The van der Waals surface area contributed by atoms with Gasteiger partial charge in [0.1, 0.15) is 5.69 Å². The maximum Gasteiger partial charge on any atom is 0.280 e. The van der Waals surface area contributed by atoms with Crippen LogP contribution >= 0.6 is 11.9 Å². The number of pyridine rings is 1. The lowest BCUT2D eigenvalue weighted by atomic mass is 9.73. The summed E-state index contributed by atoms with van der Waals surface area (Å²) in [7, 11) is 0. The molecule has 4 rings (SSSR count). The molecule has 138 valence electrons. The third-order valence-electron chi connectivity index (χ3n) is 5.55. The molecule has 0 atom stereocenters. The minimum absolute atomic E-state index is 0.118. The molecule has 3 aliphatic heterocycles. The Morgan fingerprint density at radius 1 is 1.24 bits per heavy atom. The number of nitrogens with zero attached hydrogens (tertiary/aromatic N) is 3. The Balaban J connectivity index is 1.29. The van der Waals surface area contributed by atoms with Crippen LogP contribution in [0.3, 0.4) is 0 Å². The molecule has 4 heterocycles. The fourth-order valence-corrected chi connectivity index (χ4v) is 5.57. The summed E-state index contributed by atoms with van der Waals surface area (Å²) in [6.45, 7) is 8.32. The van der Waals surface area contributed by atoms with Crippen LogP contribution in [0.15, 0.2) is 17.0 Å². The van der Waals surface area contributed by atoms with E-state index >= 15 is 0 Å². The summed E-state index contributed by atoms with van der Waals surface area (Å²) in [4.78, 5) is 7.76. The fraction of sp³-hybridized carbons (Fsp3) is 0.722. The molecular formula is C18H25F2N3OS. The van der Waals surface area contributed by atoms with Gasteiger partial charge in [-0.15, -0.1) is 0 Å². The first-order valence-corrected chi connectivity index (χ1v) is 9.88. The van der Waals surface area contributed by atoms with Crippen LogP contribution < -0.4 is 0 Å². The first-order chi connectivity index (χ1) is 12.1. The van der Waals surface area contributed by atoms with Crippen LogP contribution in [-0.4, -0.2) is 59.6 Å². The second-order valence-corrected chi connectivity index (χ2v) is 8.61. The lowest BCUT2D eigenvalue weighted by molar-refractivity contribution is -0.113. The predicted molar refractivity (Wildman–Crippen MR) is 93.8 cm³/mol. The average molecular weight is 369 g/mol. The number of alkyl halides is 2. The van der Waals surface area contributed by atoms with Gasteiger partial charge in [0.05, 0.1) is 5.69 Å². The van der Waals surface area contributed by atoms with Gasteiger partial charge in [0.25, 0.3) is 6.43 Å². The second kappa shape index (κ2) is 7.10. The van der Waals surface area contributed by atoms with E-state index < -0.39 is 6.43 Å². The Kier molecular flexibility index (Phi) is 5.01. The first-order valence-electron chi connectivity index (χ1n) is 9.11. The summed E-state index contributed by atoms with van der Waals surface area (Å²) in [5.41, 5.74) is 1.11. The van der Waals surface area contributed by atoms with E-state index in [4.69, 9.17) is 4.74 Å². The van der Waals surface area contributed by atoms with Crippen molar-refractivity contribution in [3.05, 3.63) is 23.5 Å². The van der Waals surface area contributed by atoms with Crippen LogP contribution in [0.5, 0.6) is 0 Å². The van der Waals surface area contributed by atoms with Gasteiger partial charge in [0.15, 0.2) is 0 Å². The second-order valence-electron chi connectivity index (χ2n) is 7.47. The molecule has 0 N–H and O–H groups in total. The van der Waals surface area contributed by atoms with Gasteiger partial charge < -0.3 is 4.74 Å². The Labute approximate surface area is 152 Å². The van der Waals surface area contributed by atoms with Crippen LogP contribution in [0, 0.1) is 5.41 Å². The molecule has 3 saturated heterocycles. The molecule has 25 heavy (non-hydrogen) atoms. The van der Waals surface area contributed by atoms with Gasteiger partial charge in [-0.3, -0.25) is 9.88 Å². The molecule has 1 aromatic heterocycles. The summed E-state index contributed by atoms with van der Waals surface area (Å²) < 4.78 is 33.4. The maximum absolute atomic E-state index is 12.8. The van der Waals surface area contributed by atoms with Crippen LogP contribution in [0.2, 0.25) is 0 Å². The Morgan fingerprint density at radius 2 is 1.96 bits per heavy atom. The Hall–Kier alpha value is -0.760. The van der Waals surface area contributed by atoms with E-state index in [1.165, 1.54) is 19.2 Å². The molecule has 0 aromatic carbocycles. The normalized spacial score (nSPS) is 24.5. The highest BCUT2D eigenvalue weighted by atomic mass is 32.2. The number of halogens is 2. The van der Waals surface area contributed by atoms with Crippen molar-refractivity contribution in [1.82, 2.24) is 14.2 Å². The predicted octanol–water partition coefficient (Wildman–Crippen LogP) is 3.39. The Morgan fingerprint density at radius 3 is 2.60 bits per heavy atom. The zero-order valence-electron chi connectivity index (χ0n) is 14.6. The topological polar surface area (TPSA) is 28.6 Å². The van der Waals surface area contributed by atoms with Gasteiger partial charge in [-0.05, 0) is 43.3 Å². The zero-order chi connectivity index (χ0) is 17.4. The van der Waals surface area contributed by atoms with Crippen molar-refractivity contribution < 1.29 is 13.5 Å². The molecule has 1 spiro atoms. The molecule has 0 amide bonds. The van der Waals surface area contributed by atoms with E-state index in [0.717, 1.165) is 49.7 Å². The third kappa shape index (κ3) is 3.56. The third-order valence-corrected chi connectivity index (χ3v) is 6.63. The van der Waals surface area contributed by atoms with Crippen LogP contribution in [0.4, 0.5) is 8.78 Å². The van der Waals surface area contributed by atoms with Crippen molar-refractivity contribution in [2.45, 2.75) is 43.5 Å². The number of aromatic nitrogens is 1. The van der Waals surface area contributed by atoms with E-state index in [-0.39, 0.29) is 5.69 Å². The summed E-state index contributed by atoms with van der Waals surface area (Å²) >= 11 is 1.68. The van der Waals surface area contributed by atoms with E-state index in [1.54, 1.807) is 18.0 Å². The van der Waals surface area contributed by atoms with E-state index in [0.29, 0.717) is 17.9 Å². The number of ether oxygens (including phenoxy) is 1. The maximum atomic E-state index is 12.8. The van der Waals surface area contributed by atoms with Gasteiger partial charge in [0.2, 0.25) is 0 Å². The molecule has 0 radical (unpaired) electrons. The summed E-state index contributed by atoms with van der Waals surface area (Å²) in [5.74, 6) is 0. The molecule has 7 heteroatoms. The molecular weight excluding hydrogens is 344 g/mol. The lowest BCUT2D eigenvalue weighted by Gasteiger charge is -2.62. The monoisotopic (exact) mass is 369 g/mol. The number of aryl methyl sites for hydroxylation is 1. The number of hydrogen-bond acceptors (Lipinski definition) is 5. The van der Waals surface area contributed by atoms with E-state index in [1.807, 2.05) is 6.92 Å². The number of likely N-dealkylation sites (tertiary alicyclic amines) is 1.